The Morgan fingerprint density at radius 1 is 1.00 bits per heavy atom. The lowest BCUT2D eigenvalue weighted by atomic mass is 10.0. The van der Waals surface area contributed by atoms with Gasteiger partial charge in [0.1, 0.15) is 0 Å². The minimum absolute atomic E-state index is 0.957. The summed E-state index contributed by atoms with van der Waals surface area (Å²) in [6.45, 7) is 2.18. The van der Waals surface area contributed by atoms with Crippen molar-refractivity contribution >= 4 is 8.80 Å². The van der Waals surface area contributed by atoms with Crippen LogP contribution in [0, 0.1) is 0 Å². The first-order chi connectivity index (χ1) is 10.2. The van der Waals surface area contributed by atoms with Crippen LogP contribution in [-0.2, 0) is 19.7 Å². The van der Waals surface area contributed by atoms with Gasteiger partial charge in [-0.05, 0) is 30.4 Å². The molecule has 0 aromatic heterocycles. The van der Waals surface area contributed by atoms with E-state index in [1.807, 2.05) is 0 Å². The molecule has 114 valence electrons. The van der Waals surface area contributed by atoms with Gasteiger partial charge in [-0.3, -0.25) is 0 Å². The van der Waals surface area contributed by atoms with E-state index in [9.17, 15) is 0 Å². The van der Waals surface area contributed by atoms with Crippen LogP contribution in [0.25, 0.3) is 0 Å². The molecule has 0 radical (unpaired) electrons. The van der Waals surface area contributed by atoms with Crippen molar-refractivity contribution in [3.63, 3.8) is 0 Å². The number of rotatable bonds is 7. The van der Waals surface area contributed by atoms with Gasteiger partial charge in [0.15, 0.2) is 0 Å². The highest BCUT2D eigenvalue weighted by atomic mass is 28.4. The van der Waals surface area contributed by atoms with Crippen LogP contribution in [0.5, 0.6) is 0 Å². The first kappa shape index (κ1) is 16.2. The topological polar surface area (TPSA) is 27.7 Å². The van der Waals surface area contributed by atoms with Crippen molar-refractivity contribution in [2.75, 3.05) is 21.3 Å². The highest BCUT2D eigenvalue weighted by molar-refractivity contribution is 6.70. The maximum atomic E-state index is 5.64. The maximum Gasteiger partial charge on any atom is 0.536 e. The van der Waals surface area contributed by atoms with Crippen LogP contribution in [0.15, 0.2) is 52.8 Å². The molecular formula is C17H24O3Si. The number of hydrogen-bond acceptors (Lipinski definition) is 3. The van der Waals surface area contributed by atoms with Gasteiger partial charge >= 0.3 is 8.80 Å². The molecule has 0 bridgehead atoms. The molecule has 0 saturated heterocycles. The molecule has 4 heteroatoms. The molecule has 1 aromatic rings. The van der Waals surface area contributed by atoms with Crippen molar-refractivity contribution in [1.82, 2.24) is 0 Å². The monoisotopic (exact) mass is 304 g/mol. The fourth-order valence-corrected chi connectivity index (χ4v) is 5.25. The molecule has 0 unspecified atom stereocenters. The standard InChI is InChI=1S/C17H24O3Si/c1-5-16-15(13-14-9-7-6-8-10-14)11-12-17(16)21(18-2,19-3)20-4/h6-10,12H,5,11,13H2,1-4H3. The van der Waals surface area contributed by atoms with E-state index in [0.29, 0.717) is 0 Å². The third-order valence-corrected chi connectivity index (χ3v) is 6.83. The van der Waals surface area contributed by atoms with Gasteiger partial charge in [0.25, 0.3) is 0 Å². The van der Waals surface area contributed by atoms with Gasteiger partial charge in [-0.25, -0.2) is 0 Å². The summed E-state index contributed by atoms with van der Waals surface area (Å²) < 4.78 is 16.9. The average Bonchev–Trinajstić information content (AvgIpc) is 2.94. The lowest BCUT2D eigenvalue weighted by Crippen LogP contribution is -2.45. The largest absolute Gasteiger partial charge is 0.536 e. The van der Waals surface area contributed by atoms with Gasteiger partial charge < -0.3 is 13.3 Å². The smallest absolute Gasteiger partial charge is 0.373 e. The van der Waals surface area contributed by atoms with E-state index in [1.54, 1.807) is 21.3 Å². The molecule has 0 heterocycles. The molecule has 0 amide bonds. The summed E-state index contributed by atoms with van der Waals surface area (Å²) in [6, 6.07) is 10.6. The minimum Gasteiger partial charge on any atom is -0.373 e. The molecule has 0 N–H and O–H groups in total. The van der Waals surface area contributed by atoms with E-state index in [2.05, 4.69) is 43.3 Å². The number of allylic oxidation sites excluding steroid dienone is 4. The molecular weight excluding hydrogens is 280 g/mol. The minimum atomic E-state index is -2.72. The van der Waals surface area contributed by atoms with Crippen LogP contribution in [0.4, 0.5) is 0 Å². The van der Waals surface area contributed by atoms with E-state index in [0.717, 1.165) is 24.5 Å². The second-order valence-corrected chi connectivity index (χ2v) is 7.96. The SMILES string of the molecule is CCC1=C(Cc2ccccc2)CC=C1[Si](OC)(OC)OC. The Morgan fingerprint density at radius 2 is 1.62 bits per heavy atom. The summed E-state index contributed by atoms with van der Waals surface area (Å²) >= 11 is 0. The summed E-state index contributed by atoms with van der Waals surface area (Å²) in [5.74, 6) is 0. The molecule has 0 aliphatic heterocycles. The third kappa shape index (κ3) is 3.19. The van der Waals surface area contributed by atoms with Crippen LogP contribution in [0.1, 0.15) is 25.3 Å². The predicted octanol–water partition coefficient (Wildman–Crippen LogP) is 3.68. The van der Waals surface area contributed by atoms with Crippen LogP contribution in [0.3, 0.4) is 0 Å². The fourth-order valence-electron chi connectivity index (χ4n) is 3.01. The Balaban J connectivity index is 2.30. The fraction of sp³-hybridized carbons (Fsp3) is 0.412. The molecule has 1 aliphatic carbocycles. The molecule has 0 spiro atoms. The average molecular weight is 304 g/mol. The normalized spacial score (nSPS) is 15.5. The second-order valence-electron chi connectivity index (χ2n) is 5.09. The predicted molar refractivity (Wildman–Crippen MR) is 86.9 cm³/mol. The van der Waals surface area contributed by atoms with E-state index in [1.165, 1.54) is 16.7 Å². The van der Waals surface area contributed by atoms with Crippen molar-refractivity contribution in [2.24, 2.45) is 0 Å². The third-order valence-electron chi connectivity index (χ3n) is 4.05. The summed E-state index contributed by atoms with van der Waals surface area (Å²) in [7, 11) is 2.28. The molecule has 0 fully saturated rings. The quantitative estimate of drug-likeness (QED) is 0.719. The van der Waals surface area contributed by atoms with Crippen LogP contribution < -0.4 is 0 Å². The Kier molecular flexibility index (Phi) is 5.53. The summed E-state index contributed by atoms with van der Waals surface area (Å²) in [6.07, 6.45) is 5.13. The first-order valence-electron chi connectivity index (χ1n) is 7.32. The van der Waals surface area contributed by atoms with Crippen molar-refractivity contribution in [2.45, 2.75) is 26.2 Å². The summed E-state index contributed by atoms with van der Waals surface area (Å²) in [5.41, 5.74) is 4.13. The molecule has 0 saturated carbocycles. The Labute approximate surface area is 128 Å². The van der Waals surface area contributed by atoms with Gasteiger partial charge in [-0.15, -0.1) is 0 Å². The number of benzene rings is 1. The summed E-state index contributed by atoms with van der Waals surface area (Å²) in [5, 5.41) is 1.14. The molecule has 3 nitrogen and oxygen atoms in total. The number of hydrogen-bond donors (Lipinski definition) is 0. The Hall–Kier alpha value is -1.20. The van der Waals surface area contributed by atoms with Gasteiger partial charge in [0.2, 0.25) is 0 Å². The lowest BCUT2D eigenvalue weighted by Gasteiger charge is -2.27. The highest BCUT2D eigenvalue weighted by Gasteiger charge is 2.46. The van der Waals surface area contributed by atoms with Gasteiger partial charge in [-0.1, -0.05) is 48.9 Å². The highest BCUT2D eigenvalue weighted by Crippen LogP contribution is 2.37. The molecule has 0 atom stereocenters. The van der Waals surface area contributed by atoms with Gasteiger partial charge in [0.05, 0.1) is 0 Å². The van der Waals surface area contributed by atoms with E-state index in [4.69, 9.17) is 13.3 Å². The van der Waals surface area contributed by atoms with Crippen LogP contribution >= 0.6 is 0 Å². The van der Waals surface area contributed by atoms with Crippen molar-refractivity contribution < 1.29 is 13.3 Å². The molecule has 2 rings (SSSR count). The zero-order chi connectivity index (χ0) is 15.3. The molecule has 21 heavy (non-hydrogen) atoms. The Bertz CT molecular complexity index is 522. The maximum absolute atomic E-state index is 5.64. The van der Waals surface area contributed by atoms with Crippen LogP contribution in [-0.4, -0.2) is 30.1 Å². The van der Waals surface area contributed by atoms with Gasteiger partial charge in [-0.2, -0.15) is 0 Å². The van der Waals surface area contributed by atoms with Crippen molar-refractivity contribution in [3.8, 4) is 0 Å². The first-order valence-corrected chi connectivity index (χ1v) is 9.04. The van der Waals surface area contributed by atoms with Crippen molar-refractivity contribution in [3.05, 3.63) is 58.3 Å². The van der Waals surface area contributed by atoms with E-state index >= 15 is 0 Å². The lowest BCUT2D eigenvalue weighted by molar-refractivity contribution is 0.135. The van der Waals surface area contributed by atoms with Crippen molar-refractivity contribution in [1.29, 1.82) is 0 Å². The molecule has 1 aromatic carbocycles. The summed E-state index contributed by atoms with van der Waals surface area (Å²) in [4.78, 5) is 0. The second kappa shape index (κ2) is 7.18. The molecule has 1 aliphatic rings. The van der Waals surface area contributed by atoms with Gasteiger partial charge in [0, 0.05) is 26.5 Å². The van der Waals surface area contributed by atoms with E-state index in [-0.39, 0.29) is 0 Å². The Morgan fingerprint density at radius 3 is 2.14 bits per heavy atom. The van der Waals surface area contributed by atoms with Crippen LogP contribution in [0.2, 0.25) is 0 Å². The zero-order valence-corrected chi connectivity index (χ0v) is 14.3. The zero-order valence-electron chi connectivity index (χ0n) is 13.3. The van der Waals surface area contributed by atoms with E-state index < -0.39 is 8.80 Å².